The van der Waals surface area contributed by atoms with E-state index in [9.17, 15) is 9.59 Å². The number of Topliss-reactive ketones (excluding diaryl/α,β-unsaturated/α-hetero) is 1. The summed E-state index contributed by atoms with van der Waals surface area (Å²) in [5, 5.41) is 0. The summed E-state index contributed by atoms with van der Waals surface area (Å²) in [6.07, 6.45) is 4.80. The molecule has 0 atom stereocenters. The molecule has 0 aliphatic carbocycles. The highest BCUT2D eigenvalue weighted by Gasteiger charge is 2.30. The fourth-order valence-corrected chi connectivity index (χ4v) is 2.56. The van der Waals surface area contributed by atoms with Crippen LogP contribution in [0.15, 0.2) is 47.8 Å². The largest absolute Gasteiger partial charge is 0.303 e. The molecule has 1 aromatic carbocycles. The first-order valence-electron chi connectivity index (χ1n) is 8.12. The molecule has 0 saturated carbocycles. The summed E-state index contributed by atoms with van der Waals surface area (Å²) >= 11 is 0. The van der Waals surface area contributed by atoms with Crippen molar-refractivity contribution < 1.29 is 9.59 Å². The number of benzodiazepines with no additional fused rings is 1. The van der Waals surface area contributed by atoms with Gasteiger partial charge in [0.15, 0.2) is 5.78 Å². The van der Waals surface area contributed by atoms with Gasteiger partial charge >= 0.3 is 0 Å². The zero-order valence-corrected chi connectivity index (χ0v) is 14.6. The van der Waals surface area contributed by atoms with E-state index in [0.29, 0.717) is 17.1 Å². The van der Waals surface area contributed by atoms with Crippen molar-refractivity contribution in [2.24, 2.45) is 10.4 Å². The molecule has 6 nitrogen and oxygen atoms in total. The lowest BCUT2D eigenvalue weighted by atomic mass is 9.90. The van der Waals surface area contributed by atoms with Crippen LogP contribution in [-0.4, -0.2) is 40.5 Å². The Labute approximate surface area is 146 Å². The van der Waals surface area contributed by atoms with Crippen LogP contribution in [0.1, 0.15) is 32.0 Å². The highest BCUT2D eigenvalue weighted by molar-refractivity contribution is 6.19. The molecule has 128 valence electrons. The molecule has 2 heterocycles. The van der Waals surface area contributed by atoms with E-state index in [-0.39, 0.29) is 24.8 Å². The van der Waals surface area contributed by atoms with Crippen LogP contribution in [0.25, 0.3) is 0 Å². The van der Waals surface area contributed by atoms with Gasteiger partial charge in [0.2, 0.25) is 5.91 Å². The number of nitrogens with zero attached hydrogens (tertiary/aromatic N) is 4. The van der Waals surface area contributed by atoms with Crippen molar-refractivity contribution in [3.8, 4) is 0 Å². The van der Waals surface area contributed by atoms with Crippen molar-refractivity contribution >= 4 is 23.1 Å². The third-order valence-electron chi connectivity index (χ3n) is 4.07. The van der Waals surface area contributed by atoms with Gasteiger partial charge in [-0.1, -0.05) is 39.0 Å². The van der Waals surface area contributed by atoms with Crippen LogP contribution in [0.2, 0.25) is 0 Å². The van der Waals surface area contributed by atoms with Crippen molar-refractivity contribution in [3.05, 3.63) is 54.1 Å². The minimum absolute atomic E-state index is 0.00129. The topological polar surface area (TPSA) is 75.5 Å². The zero-order chi connectivity index (χ0) is 18.0. The SMILES string of the molecule is CC(C)(C)C(=O)CN1C(=O)CN=C(c2cnccn2)c2ccccc21. The number of rotatable bonds is 3. The van der Waals surface area contributed by atoms with Crippen molar-refractivity contribution in [3.63, 3.8) is 0 Å². The Hall–Kier alpha value is -2.89. The Morgan fingerprint density at radius 3 is 2.64 bits per heavy atom. The molecule has 1 aliphatic rings. The first kappa shape index (κ1) is 17.0. The van der Waals surface area contributed by atoms with Crippen molar-refractivity contribution in [1.82, 2.24) is 9.97 Å². The maximum atomic E-state index is 12.6. The van der Waals surface area contributed by atoms with Gasteiger partial charge in [0, 0.05) is 23.4 Å². The van der Waals surface area contributed by atoms with E-state index in [4.69, 9.17) is 0 Å². The van der Waals surface area contributed by atoms with E-state index >= 15 is 0 Å². The highest BCUT2D eigenvalue weighted by Crippen LogP contribution is 2.27. The number of hydrogen-bond donors (Lipinski definition) is 0. The number of para-hydroxylation sites is 1. The fraction of sp³-hybridized carbons (Fsp3) is 0.316. The van der Waals surface area contributed by atoms with E-state index in [1.165, 1.54) is 4.90 Å². The number of carbonyl (C=O) groups excluding carboxylic acids is 2. The molecule has 0 fully saturated rings. The standard InChI is InChI=1S/C19H20N4O2/c1-19(2,3)16(24)12-23-15-7-5-4-6-13(15)18(22-11-17(23)25)14-10-20-8-9-21-14/h4-10H,11-12H2,1-3H3. The van der Waals surface area contributed by atoms with Crippen LogP contribution in [0.3, 0.4) is 0 Å². The Morgan fingerprint density at radius 1 is 1.20 bits per heavy atom. The van der Waals surface area contributed by atoms with Gasteiger partial charge in [0.25, 0.3) is 0 Å². The minimum atomic E-state index is -0.518. The number of fused-ring (bicyclic) bond motifs is 1. The van der Waals surface area contributed by atoms with E-state index in [1.807, 2.05) is 45.0 Å². The van der Waals surface area contributed by atoms with Crippen LogP contribution < -0.4 is 4.90 Å². The quantitative estimate of drug-likeness (QED) is 0.862. The second-order valence-electron chi connectivity index (χ2n) is 6.93. The molecule has 0 saturated heterocycles. The molecule has 1 aliphatic heterocycles. The predicted molar refractivity (Wildman–Crippen MR) is 95.8 cm³/mol. The fourth-order valence-electron chi connectivity index (χ4n) is 2.56. The normalized spacial score (nSPS) is 14.6. The van der Waals surface area contributed by atoms with E-state index in [0.717, 1.165) is 5.56 Å². The van der Waals surface area contributed by atoms with Gasteiger partial charge in [0.05, 0.1) is 24.1 Å². The van der Waals surface area contributed by atoms with Crippen LogP contribution in [0, 0.1) is 5.41 Å². The number of ketones is 1. The van der Waals surface area contributed by atoms with Gasteiger partial charge in [-0.2, -0.15) is 0 Å². The van der Waals surface area contributed by atoms with Crippen molar-refractivity contribution in [2.75, 3.05) is 18.0 Å². The van der Waals surface area contributed by atoms with Crippen molar-refractivity contribution in [1.29, 1.82) is 0 Å². The third-order valence-corrected chi connectivity index (χ3v) is 4.07. The lowest BCUT2D eigenvalue weighted by Gasteiger charge is -2.26. The minimum Gasteiger partial charge on any atom is -0.303 e. The summed E-state index contributed by atoms with van der Waals surface area (Å²) in [7, 11) is 0. The van der Waals surface area contributed by atoms with Gasteiger partial charge in [0.1, 0.15) is 12.2 Å². The number of aromatic nitrogens is 2. The average Bonchev–Trinajstić information content (AvgIpc) is 2.73. The molecule has 0 unspecified atom stereocenters. The smallest absolute Gasteiger partial charge is 0.249 e. The van der Waals surface area contributed by atoms with Gasteiger partial charge in [-0.25, -0.2) is 0 Å². The molecular weight excluding hydrogens is 316 g/mol. The molecule has 0 N–H and O–H groups in total. The lowest BCUT2D eigenvalue weighted by molar-refractivity contribution is -0.127. The van der Waals surface area contributed by atoms with E-state index in [2.05, 4.69) is 15.0 Å². The number of anilines is 1. The van der Waals surface area contributed by atoms with Gasteiger partial charge in [-0.3, -0.25) is 24.5 Å². The summed E-state index contributed by atoms with van der Waals surface area (Å²) in [5.41, 5.74) is 2.15. The molecule has 25 heavy (non-hydrogen) atoms. The summed E-state index contributed by atoms with van der Waals surface area (Å²) in [6.45, 7) is 5.56. The Kier molecular flexibility index (Phi) is 4.44. The van der Waals surface area contributed by atoms with Crippen LogP contribution in [0.4, 0.5) is 5.69 Å². The molecular formula is C19H20N4O2. The summed E-state index contributed by atoms with van der Waals surface area (Å²) in [6, 6.07) is 7.45. The molecule has 1 amide bonds. The van der Waals surface area contributed by atoms with Crippen LogP contribution >= 0.6 is 0 Å². The van der Waals surface area contributed by atoms with E-state index in [1.54, 1.807) is 18.6 Å². The number of hydrogen-bond acceptors (Lipinski definition) is 5. The average molecular weight is 336 g/mol. The summed E-state index contributed by atoms with van der Waals surface area (Å²) in [4.78, 5) is 39.5. The molecule has 0 bridgehead atoms. The summed E-state index contributed by atoms with van der Waals surface area (Å²) < 4.78 is 0. The number of aliphatic imine (C=N–C) groups is 1. The second-order valence-corrected chi connectivity index (χ2v) is 6.93. The van der Waals surface area contributed by atoms with Crippen molar-refractivity contribution in [2.45, 2.75) is 20.8 Å². The Bertz CT molecular complexity index is 838. The molecule has 2 aromatic rings. The third kappa shape index (κ3) is 3.47. The number of amides is 1. The Balaban J connectivity index is 2.06. The maximum Gasteiger partial charge on any atom is 0.249 e. The monoisotopic (exact) mass is 336 g/mol. The van der Waals surface area contributed by atoms with Gasteiger partial charge < -0.3 is 4.90 Å². The number of carbonyl (C=O) groups is 2. The number of benzene rings is 1. The summed E-state index contributed by atoms with van der Waals surface area (Å²) in [5.74, 6) is -0.206. The van der Waals surface area contributed by atoms with Gasteiger partial charge in [-0.15, -0.1) is 0 Å². The highest BCUT2D eigenvalue weighted by atomic mass is 16.2. The molecule has 1 aromatic heterocycles. The predicted octanol–water partition coefficient (Wildman–Crippen LogP) is 2.28. The van der Waals surface area contributed by atoms with Gasteiger partial charge in [-0.05, 0) is 6.07 Å². The van der Waals surface area contributed by atoms with Crippen LogP contribution in [-0.2, 0) is 9.59 Å². The maximum absolute atomic E-state index is 12.6. The first-order chi connectivity index (χ1) is 11.9. The Morgan fingerprint density at radius 2 is 1.96 bits per heavy atom. The first-order valence-corrected chi connectivity index (χ1v) is 8.12. The van der Waals surface area contributed by atoms with Crippen LogP contribution in [0.5, 0.6) is 0 Å². The molecule has 6 heteroatoms. The molecule has 0 radical (unpaired) electrons. The zero-order valence-electron chi connectivity index (χ0n) is 14.6. The molecule has 0 spiro atoms. The second kappa shape index (κ2) is 6.55. The molecule has 3 rings (SSSR count). The lowest BCUT2D eigenvalue weighted by Crippen LogP contribution is -2.40. The van der Waals surface area contributed by atoms with E-state index < -0.39 is 5.41 Å².